The van der Waals surface area contributed by atoms with Crippen LogP contribution in [0.1, 0.15) is 53.6 Å². The monoisotopic (exact) mass is 483 g/mol. The molecule has 2 fully saturated rings. The summed E-state index contributed by atoms with van der Waals surface area (Å²) >= 11 is 0. The molecule has 2 aromatic carbocycles. The maximum Gasteiger partial charge on any atom is 0.255 e. The van der Waals surface area contributed by atoms with E-state index in [2.05, 4.69) is 10.2 Å². The van der Waals surface area contributed by atoms with Crippen LogP contribution < -0.4 is 10.1 Å². The highest BCUT2D eigenvalue weighted by atomic mass is 19.1. The van der Waals surface area contributed by atoms with Crippen LogP contribution in [-0.4, -0.2) is 52.8 Å². The minimum absolute atomic E-state index is 0.0117. The van der Waals surface area contributed by atoms with Crippen LogP contribution in [0.3, 0.4) is 0 Å². The lowest BCUT2D eigenvalue weighted by Gasteiger charge is -2.35. The number of nitrogens with zero attached hydrogens (tertiary/aromatic N) is 2. The summed E-state index contributed by atoms with van der Waals surface area (Å²) in [7, 11) is 0. The van der Waals surface area contributed by atoms with E-state index in [4.69, 9.17) is 4.74 Å². The van der Waals surface area contributed by atoms with Crippen molar-refractivity contribution in [3.05, 3.63) is 64.7 Å². The van der Waals surface area contributed by atoms with E-state index in [9.17, 15) is 23.2 Å². The number of benzene rings is 2. The van der Waals surface area contributed by atoms with Gasteiger partial charge in [-0.05, 0) is 61.7 Å². The third-order valence-corrected chi connectivity index (χ3v) is 7.11. The summed E-state index contributed by atoms with van der Waals surface area (Å²) in [6, 6.07) is 8.51. The Morgan fingerprint density at radius 2 is 1.83 bits per heavy atom. The van der Waals surface area contributed by atoms with Gasteiger partial charge < -0.3 is 9.64 Å². The molecule has 2 aromatic rings. The van der Waals surface area contributed by atoms with Gasteiger partial charge in [0, 0.05) is 36.7 Å². The van der Waals surface area contributed by atoms with Crippen molar-refractivity contribution >= 4 is 17.7 Å². The Hall–Kier alpha value is -3.33. The molecular weight excluding hydrogens is 456 g/mol. The molecular formula is C26H27F2N3O4. The number of hydrogen-bond donors (Lipinski definition) is 1. The summed E-state index contributed by atoms with van der Waals surface area (Å²) in [6.45, 7) is 1.56. The van der Waals surface area contributed by atoms with E-state index >= 15 is 0 Å². The zero-order chi connectivity index (χ0) is 24.5. The average molecular weight is 484 g/mol. The molecule has 7 nitrogen and oxygen atoms in total. The van der Waals surface area contributed by atoms with E-state index < -0.39 is 23.6 Å². The Balaban J connectivity index is 1.24. The van der Waals surface area contributed by atoms with Gasteiger partial charge in [-0.15, -0.1) is 0 Å². The van der Waals surface area contributed by atoms with Crippen LogP contribution in [0.25, 0.3) is 0 Å². The predicted molar refractivity (Wildman–Crippen MR) is 122 cm³/mol. The van der Waals surface area contributed by atoms with Gasteiger partial charge in [0.25, 0.3) is 5.91 Å². The van der Waals surface area contributed by atoms with Gasteiger partial charge in [-0.3, -0.25) is 24.6 Å². The van der Waals surface area contributed by atoms with Crippen LogP contribution in [0.5, 0.6) is 5.75 Å². The number of nitrogens with one attached hydrogen (secondary N) is 1. The lowest BCUT2D eigenvalue weighted by atomic mass is 10.0. The molecule has 3 aliphatic rings. The minimum Gasteiger partial charge on any atom is -0.492 e. The quantitative estimate of drug-likeness (QED) is 0.639. The first-order valence-electron chi connectivity index (χ1n) is 12.0. The van der Waals surface area contributed by atoms with Crippen molar-refractivity contribution in [3.8, 4) is 5.75 Å². The molecule has 0 bridgehead atoms. The van der Waals surface area contributed by atoms with Crippen molar-refractivity contribution < 1.29 is 27.9 Å². The third-order valence-electron chi connectivity index (χ3n) is 7.11. The second kappa shape index (κ2) is 9.73. The molecule has 0 spiro atoms. The Labute approximate surface area is 202 Å². The summed E-state index contributed by atoms with van der Waals surface area (Å²) in [5.41, 5.74) is 1.37. The maximum atomic E-state index is 14.2. The number of imide groups is 1. The first-order chi connectivity index (χ1) is 16.9. The normalized spacial score (nSPS) is 22.8. The van der Waals surface area contributed by atoms with Crippen molar-refractivity contribution in [1.29, 1.82) is 0 Å². The second-order valence-corrected chi connectivity index (χ2v) is 9.35. The Morgan fingerprint density at radius 3 is 2.60 bits per heavy atom. The largest absolute Gasteiger partial charge is 0.492 e. The molecule has 3 heterocycles. The van der Waals surface area contributed by atoms with E-state index in [-0.39, 0.29) is 42.9 Å². The fourth-order valence-electron chi connectivity index (χ4n) is 5.18. The number of amides is 3. The van der Waals surface area contributed by atoms with Crippen LogP contribution in [0, 0.1) is 11.6 Å². The van der Waals surface area contributed by atoms with Crippen molar-refractivity contribution in [2.24, 2.45) is 0 Å². The standard InChI is InChI=1S/C26H27F2N3O4/c27-21-5-3-6-22(28)20(21)14-30-11-2-1-4-17(30)15-35-18-7-8-19-16(12-18)13-31(26(19)34)23-9-10-24(32)29-25(23)33/h3,5-8,12,17,23H,1-2,4,9-11,13-15H2,(H,29,32,33). The van der Waals surface area contributed by atoms with Gasteiger partial charge in [0.2, 0.25) is 11.8 Å². The summed E-state index contributed by atoms with van der Waals surface area (Å²) < 4.78 is 34.4. The van der Waals surface area contributed by atoms with E-state index in [1.54, 1.807) is 12.1 Å². The number of hydrogen-bond acceptors (Lipinski definition) is 5. The summed E-state index contributed by atoms with van der Waals surface area (Å²) in [5, 5.41) is 2.30. The van der Waals surface area contributed by atoms with Gasteiger partial charge in [0.15, 0.2) is 0 Å². The molecule has 2 unspecified atom stereocenters. The third kappa shape index (κ3) is 4.77. The topological polar surface area (TPSA) is 79.0 Å². The number of ether oxygens (including phenoxy) is 1. The molecule has 9 heteroatoms. The highest BCUT2D eigenvalue weighted by Crippen LogP contribution is 2.31. The highest BCUT2D eigenvalue weighted by Gasteiger charge is 2.39. The Morgan fingerprint density at radius 1 is 1.03 bits per heavy atom. The lowest BCUT2D eigenvalue weighted by molar-refractivity contribution is -0.136. The summed E-state index contributed by atoms with van der Waals surface area (Å²) in [6.07, 6.45) is 3.36. The molecule has 2 atom stereocenters. The number of halogens is 2. The van der Waals surface area contributed by atoms with Gasteiger partial charge in [0.05, 0.1) is 0 Å². The highest BCUT2D eigenvalue weighted by molar-refractivity contribution is 6.05. The van der Waals surface area contributed by atoms with Gasteiger partial charge in [-0.1, -0.05) is 12.5 Å². The molecule has 2 saturated heterocycles. The van der Waals surface area contributed by atoms with Crippen molar-refractivity contribution in [3.63, 3.8) is 0 Å². The van der Waals surface area contributed by atoms with Crippen molar-refractivity contribution in [2.75, 3.05) is 13.2 Å². The molecule has 5 rings (SSSR count). The van der Waals surface area contributed by atoms with Crippen LogP contribution in [0.15, 0.2) is 36.4 Å². The zero-order valence-electron chi connectivity index (χ0n) is 19.3. The molecule has 1 N–H and O–H groups in total. The fraction of sp³-hybridized carbons (Fsp3) is 0.423. The maximum absolute atomic E-state index is 14.2. The number of rotatable bonds is 6. The fourth-order valence-corrected chi connectivity index (χ4v) is 5.18. The van der Waals surface area contributed by atoms with E-state index in [1.165, 1.54) is 23.1 Å². The van der Waals surface area contributed by atoms with Gasteiger partial charge in [-0.25, -0.2) is 8.78 Å². The Kier molecular flexibility index (Phi) is 6.51. The summed E-state index contributed by atoms with van der Waals surface area (Å²) in [4.78, 5) is 40.1. The molecule has 3 amide bonds. The molecule has 184 valence electrons. The summed E-state index contributed by atoms with van der Waals surface area (Å²) in [5.74, 6) is -1.47. The van der Waals surface area contributed by atoms with Crippen LogP contribution in [0.4, 0.5) is 8.78 Å². The molecule has 3 aliphatic heterocycles. The molecule has 35 heavy (non-hydrogen) atoms. The van der Waals surface area contributed by atoms with Crippen molar-refractivity contribution in [2.45, 2.75) is 57.3 Å². The van der Waals surface area contributed by atoms with Gasteiger partial charge in [-0.2, -0.15) is 0 Å². The van der Waals surface area contributed by atoms with Crippen LogP contribution >= 0.6 is 0 Å². The van der Waals surface area contributed by atoms with Crippen molar-refractivity contribution in [1.82, 2.24) is 15.1 Å². The number of carbonyl (C=O) groups excluding carboxylic acids is 3. The average Bonchev–Trinajstić information content (AvgIpc) is 3.16. The van der Waals surface area contributed by atoms with Gasteiger partial charge >= 0.3 is 0 Å². The minimum atomic E-state index is -0.661. The number of piperidine rings is 2. The molecule has 0 radical (unpaired) electrons. The van der Waals surface area contributed by atoms with E-state index in [0.717, 1.165) is 31.4 Å². The first-order valence-corrected chi connectivity index (χ1v) is 12.0. The molecule has 0 aliphatic carbocycles. The zero-order valence-corrected chi connectivity index (χ0v) is 19.3. The second-order valence-electron chi connectivity index (χ2n) is 9.35. The van der Waals surface area contributed by atoms with Gasteiger partial charge in [0.1, 0.15) is 30.0 Å². The number of fused-ring (bicyclic) bond motifs is 1. The first kappa shape index (κ1) is 23.4. The van der Waals surface area contributed by atoms with E-state index in [1.807, 2.05) is 6.07 Å². The predicted octanol–water partition coefficient (Wildman–Crippen LogP) is 3.16. The van der Waals surface area contributed by atoms with E-state index in [0.29, 0.717) is 24.3 Å². The smallest absolute Gasteiger partial charge is 0.255 e. The van der Waals surface area contributed by atoms with Crippen LogP contribution in [0.2, 0.25) is 0 Å². The Bertz CT molecular complexity index is 1150. The van der Waals surface area contributed by atoms with Crippen LogP contribution in [-0.2, 0) is 22.7 Å². The SMILES string of the molecule is O=C1CCC(N2Cc3cc(OCC4CCCCN4Cc4c(F)cccc4F)ccc3C2=O)C(=O)N1. The number of carbonyl (C=O) groups is 3. The molecule has 0 saturated carbocycles. The number of likely N-dealkylation sites (tertiary alicyclic amines) is 1. The molecule has 0 aromatic heterocycles. The lowest BCUT2D eigenvalue weighted by Crippen LogP contribution is -2.52.